The molecule has 9 heteroatoms. The van der Waals surface area contributed by atoms with E-state index in [9.17, 15) is 5.11 Å². The predicted octanol–water partition coefficient (Wildman–Crippen LogP) is 6.27. The molecule has 3 aromatic heterocycles. The highest BCUT2D eigenvalue weighted by Crippen LogP contribution is 2.48. The fourth-order valence-corrected chi connectivity index (χ4v) is 6.78. The van der Waals surface area contributed by atoms with Crippen LogP contribution in [0, 0.1) is 24.6 Å². The smallest absolute Gasteiger partial charge is 0.130 e. The van der Waals surface area contributed by atoms with Crippen molar-refractivity contribution in [2.75, 3.05) is 13.2 Å². The highest BCUT2D eigenvalue weighted by Gasteiger charge is 2.43. The highest BCUT2D eigenvalue weighted by molar-refractivity contribution is 6.07. The van der Waals surface area contributed by atoms with Crippen molar-refractivity contribution in [1.29, 1.82) is 0 Å². The molecule has 224 valence electrons. The van der Waals surface area contributed by atoms with E-state index >= 15 is 4.39 Å². The Kier molecular flexibility index (Phi) is 7.87. The SMILES string of the molecule is CC=O.Cc1nnn(C)c1-c1cnc2c3cc(F)c(C(C)(O)C4CC4)cc3n([C@H](c3ccccc3)C3CCOCC3)c2c1. The number of rotatable bonds is 6. The molecule has 1 saturated heterocycles. The lowest BCUT2D eigenvalue weighted by molar-refractivity contribution is -0.106. The molecule has 1 N–H and O–H groups in total. The highest BCUT2D eigenvalue weighted by atomic mass is 19.1. The van der Waals surface area contributed by atoms with Crippen molar-refractivity contribution < 1.29 is 19.0 Å². The normalized spacial score (nSPS) is 17.8. The fraction of sp³-hybridized carbons (Fsp3) is 0.412. The summed E-state index contributed by atoms with van der Waals surface area (Å²) in [6.45, 7) is 6.57. The Labute approximate surface area is 250 Å². The number of aromatic nitrogens is 5. The van der Waals surface area contributed by atoms with E-state index in [1.807, 2.05) is 32.3 Å². The molecule has 8 nitrogen and oxygen atoms in total. The minimum absolute atomic E-state index is 0.0166. The molecule has 4 heterocycles. The van der Waals surface area contributed by atoms with Gasteiger partial charge in [-0.2, -0.15) is 0 Å². The molecule has 1 aliphatic heterocycles. The quantitative estimate of drug-likeness (QED) is 0.237. The van der Waals surface area contributed by atoms with Crippen LogP contribution >= 0.6 is 0 Å². The third-order valence-electron chi connectivity index (χ3n) is 9.05. The van der Waals surface area contributed by atoms with Crippen molar-refractivity contribution in [1.82, 2.24) is 24.5 Å². The number of fused-ring (bicyclic) bond motifs is 3. The number of hydrogen-bond acceptors (Lipinski definition) is 6. The van der Waals surface area contributed by atoms with Gasteiger partial charge in [-0.3, -0.25) is 4.98 Å². The van der Waals surface area contributed by atoms with Gasteiger partial charge in [-0.25, -0.2) is 9.07 Å². The molecule has 2 fully saturated rings. The number of aldehydes is 1. The zero-order valence-electron chi connectivity index (χ0n) is 25.1. The van der Waals surface area contributed by atoms with Crippen molar-refractivity contribution in [3.63, 3.8) is 0 Å². The van der Waals surface area contributed by atoms with E-state index in [2.05, 4.69) is 45.2 Å². The molecule has 0 radical (unpaired) electrons. The summed E-state index contributed by atoms with van der Waals surface area (Å²) in [5.74, 6) is 0.00206. The van der Waals surface area contributed by atoms with Gasteiger partial charge in [-0.15, -0.1) is 5.10 Å². The summed E-state index contributed by atoms with van der Waals surface area (Å²) in [5.41, 5.74) is 5.52. The summed E-state index contributed by atoms with van der Waals surface area (Å²) in [6.07, 6.45) is 6.24. The van der Waals surface area contributed by atoms with E-state index in [4.69, 9.17) is 14.5 Å². The Morgan fingerprint density at radius 1 is 1.09 bits per heavy atom. The van der Waals surface area contributed by atoms with Crippen LogP contribution in [-0.4, -0.2) is 49.2 Å². The van der Waals surface area contributed by atoms with Crippen molar-refractivity contribution in [2.45, 2.75) is 58.1 Å². The molecule has 5 aromatic rings. The van der Waals surface area contributed by atoms with Crippen LogP contribution in [0.25, 0.3) is 33.2 Å². The fourth-order valence-electron chi connectivity index (χ4n) is 6.78. The van der Waals surface area contributed by atoms with Crippen LogP contribution in [0.4, 0.5) is 4.39 Å². The first-order valence-corrected chi connectivity index (χ1v) is 15.0. The number of ether oxygens (including phenoxy) is 1. The molecule has 0 spiro atoms. The van der Waals surface area contributed by atoms with Crippen LogP contribution in [0.2, 0.25) is 0 Å². The molecule has 0 amide bonds. The number of nitrogens with zero attached hydrogens (tertiary/aromatic N) is 5. The van der Waals surface area contributed by atoms with Crippen LogP contribution in [-0.2, 0) is 22.2 Å². The maximum absolute atomic E-state index is 15.8. The van der Waals surface area contributed by atoms with Crippen molar-refractivity contribution in [2.24, 2.45) is 18.9 Å². The van der Waals surface area contributed by atoms with Crippen LogP contribution < -0.4 is 0 Å². The second-order valence-electron chi connectivity index (χ2n) is 11.9. The summed E-state index contributed by atoms with van der Waals surface area (Å²) in [6, 6.07) is 16.1. The molecule has 1 unspecified atom stereocenters. The molecule has 2 atom stereocenters. The third kappa shape index (κ3) is 5.25. The Balaban J connectivity index is 0.00000105. The molecule has 2 aromatic carbocycles. The number of carbonyl (C=O) groups excluding carboxylic acids is 1. The number of aliphatic hydroxyl groups is 1. The van der Waals surface area contributed by atoms with Gasteiger partial charge in [0.2, 0.25) is 0 Å². The number of benzene rings is 2. The van der Waals surface area contributed by atoms with E-state index in [-0.39, 0.29) is 17.8 Å². The minimum atomic E-state index is -1.23. The van der Waals surface area contributed by atoms with Gasteiger partial charge in [-0.05, 0) is 82.1 Å². The summed E-state index contributed by atoms with van der Waals surface area (Å²) in [7, 11) is 1.88. The first kappa shape index (κ1) is 29.1. The number of hydrogen-bond donors (Lipinski definition) is 1. The average molecular weight is 584 g/mol. The minimum Gasteiger partial charge on any atom is -0.385 e. The third-order valence-corrected chi connectivity index (χ3v) is 9.05. The summed E-state index contributed by atoms with van der Waals surface area (Å²) >= 11 is 0. The molecule has 7 rings (SSSR count). The van der Waals surface area contributed by atoms with Crippen LogP contribution in [0.3, 0.4) is 0 Å². The summed E-state index contributed by atoms with van der Waals surface area (Å²) < 4.78 is 25.7. The second kappa shape index (κ2) is 11.6. The number of pyridine rings is 1. The average Bonchev–Trinajstić information content (AvgIpc) is 3.77. The summed E-state index contributed by atoms with van der Waals surface area (Å²) in [4.78, 5) is 13.7. The monoisotopic (exact) mass is 583 g/mol. The zero-order chi connectivity index (χ0) is 30.3. The van der Waals surface area contributed by atoms with Gasteiger partial charge in [0, 0.05) is 43.0 Å². The lowest BCUT2D eigenvalue weighted by atomic mass is 9.86. The summed E-state index contributed by atoms with van der Waals surface area (Å²) in [5, 5.41) is 20.7. The lowest BCUT2D eigenvalue weighted by Crippen LogP contribution is -2.27. The first-order chi connectivity index (χ1) is 20.8. The molecule has 1 aliphatic carbocycles. The van der Waals surface area contributed by atoms with Crippen LogP contribution in [0.1, 0.15) is 62.4 Å². The zero-order valence-corrected chi connectivity index (χ0v) is 25.1. The second-order valence-corrected chi connectivity index (χ2v) is 11.9. The topological polar surface area (TPSA) is 95.1 Å². The molecule has 1 saturated carbocycles. The van der Waals surface area contributed by atoms with Crippen LogP contribution in [0.15, 0.2) is 54.7 Å². The maximum atomic E-state index is 15.8. The Morgan fingerprint density at radius 2 is 1.79 bits per heavy atom. The van der Waals surface area contributed by atoms with E-state index in [0.29, 0.717) is 24.7 Å². The van der Waals surface area contributed by atoms with Crippen molar-refractivity contribution in [3.8, 4) is 11.3 Å². The van der Waals surface area contributed by atoms with Crippen molar-refractivity contribution >= 4 is 28.2 Å². The number of carbonyl (C=O) groups is 1. The Bertz CT molecular complexity index is 1750. The Hall–Kier alpha value is -3.95. The number of aryl methyl sites for hydroxylation is 2. The largest absolute Gasteiger partial charge is 0.385 e. The van der Waals surface area contributed by atoms with E-state index < -0.39 is 5.60 Å². The van der Waals surface area contributed by atoms with Crippen LogP contribution in [0.5, 0.6) is 0 Å². The molecule has 43 heavy (non-hydrogen) atoms. The standard InChI is InChI=1S/C32H34FN5O2.C2H4O/c1-19-30(37(3)36-35-19)22-15-28-29(34-18-22)24-16-26(33)25(32(2,39)23-9-10-23)17-27(24)38(28)31(20-7-5-4-6-8-20)21-11-13-40-14-12-21;1-2-3/h4-8,15-18,21,23,31,39H,9-14H2,1-3H3;2H,1H3/t31-,32?;/m1./s1. The van der Waals surface area contributed by atoms with Gasteiger partial charge in [0.1, 0.15) is 12.1 Å². The molecule has 2 aliphatic rings. The predicted molar refractivity (Wildman–Crippen MR) is 164 cm³/mol. The first-order valence-electron chi connectivity index (χ1n) is 15.0. The van der Waals surface area contributed by atoms with E-state index in [1.165, 1.54) is 12.5 Å². The van der Waals surface area contributed by atoms with Crippen molar-refractivity contribution in [3.05, 3.63) is 77.4 Å². The Morgan fingerprint density at radius 3 is 2.42 bits per heavy atom. The van der Waals surface area contributed by atoms with Gasteiger partial charge >= 0.3 is 0 Å². The van der Waals surface area contributed by atoms with E-state index in [1.54, 1.807) is 17.7 Å². The molecule has 0 bridgehead atoms. The molecular weight excluding hydrogens is 545 g/mol. The van der Waals surface area contributed by atoms with Gasteiger partial charge < -0.3 is 19.2 Å². The van der Waals surface area contributed by atoms with Gasteiger partial charge in [0.15, 0.2) is 0 Å². The number of halogens is 1. The maximum Gasteiger partial charge on any atom is 0.130 e. The van der Waals surface area contributed by atoms with Gasteiger partial charge in [0.05, 0.1) is 39.6 Å². The van der Waals surface area contributed by atoms with E-state index in [0.717, 1.165) is 70.9 Å². The van der Waals surface area contributed by atoms with Gasteiger partial charge in [0.25, 0.3) is 0 Å². The van der Waals surface area contributed by atoms with Gasteiger partial charge in [-0.1, -0.05) is 35.5 Å². The lowest BCUT2D eigenvalue weighted by Gasteiger charge is -2.33. The molecular formula is C34H38FN5O3.